The largest absolute Gasteiger partial charge is 0.507 e. The molecule has 29 heavy (non-hydrogen) atoms. The molecule has 0 aliphatic rings. The van der Waals surface area contributed by atoms with Gasteiger partial charge in [0.2, 0.25) is 0 Å². The maximum absolute atomic E-state index is 12.5. The molecule has 2 rings (SSSR count). The summed E-state index contributed by atoms with van der Waals surface area (Å²) in [5.74, 6) is -1.59. The highest BCUT2D eigenvalue weighted by Crippen LogP contribution is 2.21. The molecule has 8 heteroatoms. The van der Waals surface area contributed by atoms with E-state index in [2.05, 4.69) is 10.1 Å². The van der Waals surface area contributed by atoms with Crippen LogP contribution in [-0.4, -0.2) is 42.9 Å². The van der Waals surface area contributed by atoms with Crippen molar-refractivity contribution < 1.29 is 33.7 Å². The lowest BCUT2D eigenvalue weighted by Crippen LogP contribution is -2.43. The number of ether oxygens (including phenoxy) is 3. The summed E-state index contributed by atoms with van der Waals surface area (Å²) in [6, 6.07) is 12.3. The Morgan fingerprint density at radius 3 is 2.41 bits per heavy atom. The van der Waals surface area contributed by atoms with E-state index in [0.717, 1.165) is 5.56 Å². The molecule has 0 bridgehead atoms. The first kappa shape index (κ1) is 21.7. The number of hydrogen-bond donors (Lipinski definition) is 2. The van der Waals surface area contributed by atoms with Gasteiger partial charge in [-0.25, -0.2) is 14.4 Å². The van der Waals surface area contributed by atoms with Gasteiger partial charge in [0.25, 0.3) is 0 Å². The van der Waals surface area contributed by atoms with E-state index in [1.807, 2.05) is 30.3 Å². The molecule has 2 N–H and O–H groups in total. The molecule has 154 valence electrons. The topological polar surface area (TPSA) is 111 Å². The van der Waals surface area contributed by atoms with Gasteiger partial charge in [0, 0.05) is 6.42 Å². The van der Waals surface area contributed by atoms with Crippen molar-refractivity contribution in [2.24, 2.45) is 0 Å². The van der Waals surface area contributed by atoms with E-state index in [-0.39, 0.29) is 30.9 Å². The molecule has 0 fully saturated rings. The van der Waals surface area contributed by atoms with Crippen molar-refractivity contribution in [1.29, 1.82) is 0 Å². The predicted octanol–water partition coefficient (Wildman–Crippen LogP) is 2.58. The highest BCUT2D eigenvalue weighted by atomic mass is 16.5. The number of alkyl carbamates (subject to hydrolysis) is 1. The number of esters is 2. The summed E-state index contributed by atoms with van der Waals surface area (Å²) in [5, 5.41) is 12.3. The van der Waals surface area contributed by atoms with Gasteiger partial charge in [-0.15, -0.1) is 0 Å². The Bertz CT molecular complexity index is 851. The van der Waals surface area contributed by atoms with Gasteiger partial charge in [-0.1, -0.05) is 36.4 Å². The number of hydrogen-bond acceptors (Lipinski definition) is 7. The molecule has 2 aromatic carbocycles. The third kappa shape index (κ3) is 6.53. The molecule has 0 unspecified atom stereocenters. The lowest BCUT2D eigenvalue weighted by molar-refractivity contribution is -0.147. The summed E-state index contributed by atoms with van der Waals surface area (Å²) >= 11 is 0. The molecular weight excluding hydrogens is 378 g/mol. The number of carbonyl (C=O) groups is 3. The van der Waals surface area contributed by atoms with Crippen molar-refractivity contribution >= 4 is 18.0 Å². The number of phenolic OH excluding ortho intramolecular Hbond substituents is 1. The van der Waals surface area contributed by atoms with Crippen LogP contribution in [0.4, 0.5) is 4.79 Å². The summed E-state index contributed by atoms with van der Waals surface area (Å²) in [6.45, 7) is 1.85. The van der Waals surface area contributed by atoms with E-state index in [0.29, 0.717) is 5.56 Å². The van der Waals surface area contributed by atoms with E-state index in [9.17, 15) is 19.5 Å². The highest BCUT2D eigenvalue weighted by molar-refractivity contribution is 5.92. The van der Waals surface area contributed by atoms with E-state index in [4.69, 9.17) is 9.47 Å². The van der Waals surface area contributed by atoms with Crippen LogP contribution in [0, 0.1) is 0 Å². The maximum atomic E-state index is 12.5. The van der Waals surface area contributed by atoms with E-state index < -0.39 is 24.1 Å². The van der Waals surface area contributed by atoms with Gasteiger partial charge in [0.1, 0.15) is 24.0 Å². The van der Waals surface area contributed by atoms with Crippen molar-refractivity contribution in [2.45, 2.75) is 26.0 Å². The minimum Gasteiger partial charge on any atom is -0.507 e. The first-order chi connectivity index (χ1) is 13.9. The average Bonchev–Trinajstić information content (AvgIpc) is 2.73. The first-order valence-corrected chi connectivity index (χ1v) is 8.98. The van der Waals surface area contributed by atoms with Crippen molar-refractivity contribution in [3.63, 3.8) is 0 Å². The molecule has 1 atom stereocenters. The van der Waals surface area contributed by atoms with Gasteiger partial charge in [-0.3, -0.25) is 0 Å². The zero-order valence-corrected chi connectivity index (χ0v) is 16.2. The smallest absolute Gasteiger partial charge is 0.407 e. The van der Waals surface area contributed by atoms with Gasteiger partial charge in [-0.2, -0.15) is 0 Å². The second-order valence-electron chi connectivity index (χ2n) is 6.06. The van der Waals surface area contributed by atoms with Crippen LogP contribution in [0.3, 0.4) is 0 Å². The number of aromatic hydroxyl groups is 1. The van der Waals surface area contributed by atoms with Crippen LogP contribution in [0.5, 0.6) is 5.75 Å². The summed E-state index contributed by atoms with van der Waals surface area (Å²) < 4.78 is 14.8. The molecule has 0 saturated carbocycles. The maximum Gasteiger partial charge on any atom is 0.407 e. The summed E-state index contributed by atoms with van der Waals surface area (Å²) in [5.41, 5.74) is 1.29. The van der Waals surface area contributed by atoms with Crippen molar-refractivity contribution in [3.8, 4) is 5.75 Å². The van der Waals surface area contributed by atoms with Crippen molar-refractivity contribution in [3.05, 3.63) is 65.2 Å². The van der Waals surface area contributed by atoms with Crippen LogP contribution in [0.2, 0.25) is 0 Å². The molecule has 8 nitrogen and oxygen atoms in total. The molecule has 0 aliphatic heterocycles. The van der Waals surface area contributed by atoms with E-state index in [1.54, 1.807) is 6.92 Å². The number of benzene rings is 2. The van der Waals surface area contributed by atoms with Gasteiger partial charge < -0.3 is 24.6 Å². The Morgan fingerprint density at radius 1 is 1.03 bits per heavy atom. The van der Waals surface area contributed by atoms with E-state index >= 15 is 0 Å². The molecule has 2 aromatic rings. The van der Waals surface area contributed by atoms with Crippen LogP contribution in [0.25, 0.3) is 0 Å². The Kier molecular flexibility index (Phi) is 8.02. The number of amides is 1. The van der Waals surface area contributed by atoms with Crippen LogP contribution >= 0.6 is 0 Å². The van der Waals surface area contributed by atoms with Gasteiger partial charge >= 0.3 is 18.0 Å². The molecular formula is C21H23NO7. The monoisotopic (exact) mass is 401 g/mol. The van der Waals surface area contributed by atoms with Crippen LogP contribution in [0.15, 0.2) is 48.5 Å². The molecule has 0 aromatic heterocycles. The zero-order valence-electron chi connectivity index (χ0n) is 16.2. The van der Waals surface area contributed by atoms with Crippen molar-refractivity contribution in [2.75, 3.05) is 13.7 Å². The standard InChI is InChI=1S/C21H23NO7/c1-3-28-19(24)16-11-15(9-10-18(16)23)12-17(22-21(26)27-2)20(25)29-13-14-7-5-4-6-8-14/h4-11,17,23H,3,12-13H2,1-2H3,(H,22,26)/t17-/m0/s1. The molecule has 1 amide bonds. The lowest BCUT2D eigenvalue weighted by Gasteiger charge is -2.17. The molecule has 0 saturated heterocycles. The van der Waals surface area contributed by atoms with Crippen molar-refractivity contribution in [1.82, 2.24) is 5.32 Å². The summed E-state index contributed by atoms with van der Waals surface area (Å²) in [6.07, 6.45) is -0.772. The minimum atomic E-state index is -1.05. The number of phenols is 1. The molecule has 0 heterocycles. The fourth-order valence-corrected chi connectivity index (χ4v) is 2.54. The zero-order chi connectivity index (χ0) is 21.2. The second-order valence-corrected chi connectivity index (χ2v) is 6.06. The quantitative estimate of drug-likeness (QED) is 0.516. The summed E-state index contributed by atoms with van der Waals surface area (Å²) in [4.78, 5) is 36.1. The number of carbonyl (C=O) groups excluding carboxylic acids is 3. The van der Waals surface area contributed by atoms with Crippen LogP contribution in [-0.2, 0) is 32.0 Å². The molecule has 0 aliphatic carbocycles. The van der Waals surface area contributed by atoms with Crippen LogP contribution < -0.4 is 5.32 Å². The van der Waals surface area contributed by atoms with Gasteiger partial charge in [-0.05, 0) is 30.2 Å². The Balaban J connectivity index is 2.15. The number of nitrogens with one attached hydrogen (secondary N) is 1. The highest BCUT2D eigenvalue weighted by Gasteiger charge is 2.24. The summed E-state index contributed by atoms with van der Waals surface area (Å²) in [7, 11) is 1.18. The Hall–Kier alpha value is -3.55. The van der Waals surface area contributed by atoms with E-state index in [1.165, 1.54) is 25.3 Å². The molecule has 0 radical (unpaired) electrons. The number of rotatable bonds is 8. The SMILES string of the molecule is CCOC(=O)c1cc(C[C@H](NC(=O)OC)C(=O)OCc2ccccc2)ccc1O. The normalized spacial score (nSPS) is 11.2. The fourth-order valence-electron chi connectivity index (χ4n) is 2.54. The third-order valence-electron chi connectivity index (χ3n) is 3.98. The molecule has 0 spiro atoms. The Morgan fingerprint density at radius 2 is 1.76 bits per heavy atom. The van der Waals surface area contributed by atoms with Crippen LogP contribution in [0.1, 0.15) is 28.4 Å². The predicted molar refractivity (Wildman–Crippen MR) is 103 cm³/mol. The Labute approximate surface area is 168 Å². The second kappa shape index (κ2) is 10.7. The number of methoxy groups -OCH3 is 1. The average molecular weight is 401 g/mol. The fraction of sp³-hybridized carbons (Fsp3) is 0.286. The van der Waals surface area contributed by atoms with Gasteiger partial charge in [0.05, 0.1) is 13.7 Å². The lowest BCUT2D eigenvalue weighted by atomic mass is 10.0. The minimum absolute atomic E-state index is 0.0232. The first-order valence-electron chi connectivity index (χ1n) is 8.98. The van der Waals surface area contributed by atoms with Gasteiger partial charge in [0.15, 0.2) is 0 Å². The third-order valence-corrected chi connectivity index (χ3v) is 3.98.